The molecule has 0 unspecified atom stereocenters. The van der Waals surface area contributed by atoms with Crippen LogP contribution in [-0.4, -0.2) is 25.1 Å². The van der Waals surface area contributed by atoms with E-state index in [1.165, 1.54) is 11.1 Å². The maximum absolute atomic E-state index is 5.69. The van der Waals surface area contributed by atoms with Gasteiger partial charge in [0.2, 0.25) is 0 Å². The second kappa shape index (κ2) is 7.68. The van der Waals surface area contributed by atoms with Crippen molar-refractivity contribution in [3.63, 3.8) is 0 Å². The Balaban J connectivity index is 1.73. The molecule has 0 aromatic heterocycles. The lowest BCUT2D eigenvalue weighted by Crippen LogP contribution is -2.23. The lowest BCUT2D eigenvalue weighted by atomic mass is 10.1. The van der Waals surface area contributed by atoms with Crippen LogP contribution in [0.1, 0.15) is 11.1 Å². The second-order valence-corrected chi connectivity index (χ2v) is 4.92. The Labute approximate surface area is 121 Å². The van der Waals surface area contributed by atoms with E-state index in [1.54, 1.807) is 0 Å². The minimum atomic E-state index is 0.598. The van der Waals surface area contributed by atoms with Crippen molar-refractivity contribution in [2.45, 2.75) is 13.1 Å². The molecular formula is C17H22N2O. The molecule has 0 heterocycles. The summed E-state index contributed by atoms with van der Waals surface area (Å²) < 4.78 is 5.69. The van der Waals surface area contributed by atoms with Crippen molar-refractivity contribution in [3.05, 3.63) is 65.7 Å². The third-order valence-corrected chi connectivity index (χ3v) is 3.20. The topological polar surface area (TPSA) is 38.5 Å². The van der Waals surface area contributed by atoms with E-state index in [0.717, 1.165) is 18.8 Å². The minimum Gasteiger partial charge on any atom is -0.492 e. The van der Waals surface area contributed by atoms with Gasteiger partial charge in [-0.05, 0) is 30.3 Å². The van der Waals surface area contributed by atoms with E-state index in [9.17, 15) is 0 Å². The fourth-order valence-electron chi connectivity index (χ4n) is 2.01. The number of rotatable bonds is 7. The van der Waals surface area contributed by atoms with Crippen molar-refractivity contribution >= 4 is 0 Å². The molecule has 0 saturated carbocycles. The molecule has 0 spiro atoms. The zero-order valence-corrected chi connectivity index (χ0v) is 12.0. The summed E-state index contributed by atoms with van der Waals surface area (Å²) in [6, 6.07) is 18.4. The average molecular weight is 270 g/mol. The zero-order chi connectivity index (χ0) is 14.2. The third-order valence-electron chi connectivity index (χ3n) is 3.20. The van der Waals surface area contributed by atoms with E-state index in [2.05, 4.69) is 36.2 Å². The Hall–Kier alpha value is -1.84. The summed E-state index contributed by atoms with van der Waals surface area (Å²) in [5, 5.41) is 0. The summed E-state index contributed by atoms with van der Waals surface area (Å²) in [7, 11) is 2.10. The largest absolute Gasteiger partial charge is 0.492 e. The Morgan fingerprint density at radius 3 is 2.25 bits per heavy atom. The smallest absolute Gasteiger partial charge is 0.119 e. The van der Waals surface area contributed by atoms with Gasteiger partial charge in [0.25, 0.3) is 0 Å². The van der Waals surface area contributed by atoms with E-state index < -0.39 is 0 Å². The van der Waals surface area contributed by atoms with Crippen LogP contribution in [-0.2, 0) is 13.1 Å². The number of para-hydroxylation sites is 1. The maximum atomic E-state index is 5.69. The van der Waals surface area contributed by atoms with Gasteiger partial charge in [-0.1, -0.05) is 42.5 Å². The molecule has 3 heteroatoms. The summed E-state index contributed by atoms with van der Waals surface area (Å²) in [6.07, 6.45) is 0. The van der Waals surface area contributed by atoms with Gasteiger partial charge in [-0.15, -0.1) is 0 Å². The summed E-state index contributed by atoms with van der Waals surface area (Å²) in [4.78, 5) is 2.25. The molecule has 0 aliphatic carbocycles. The second-order valence-electron chi connectivity index (χ2n) is 4.92. The number of nitrogens with zero attached hydrogens (tertiary/aromatic N) is 1. The summed E-state index contributed by atoms with van der Waals surface area (Å²) in [5.41, 5.74) is 8.06. The number of hydrogen-bond donors (Lipinski definition) is 1. The first-order valence-electron chi connectivity index (χ1n) is 6.92. The van der Waals surface area contributed by atoms with E-state index in [0.29, 0.717) is 13.2 Å². The van der Waals surface area contributed by atoms with Crippen LogP contribution in [0, 0.1) is 0 Å². The van der Waals surface area contributed by atoms with Crippen LogP contribution < -0.4 is 10.5 Å². The lowest BCUT2D eigenvalue weighted by molar-refractivity contribution is 0.233. The number of ether oxygens (including phenoxy) is 1. The fraction of sp³-hybridized carbons (Fsp3) is 0.294. The molecule has 2 aromatic carbocycles. The fourth-order valence-corrected chi connectivity index (χ4v) is 2.01. The van der Waals surface area contributed by atoms with Gasteiger partial charge >= 0.3 is 0 Å². The SMILES string of the molecule is CN(CCOc1ccccc1)Cc1ccc(CN)cc1. The third kappa shape index (κ3) is 4.68. The van der Waals surface area contributed by atoms with Gasteiger partial charge in [-0.3, -0.25) is 4.90 Å². The predicted octanol–water partition coefficient (Wildman–Crippen LogP) is 2.66. The Bertz CT molecular complexity index is 496. The van der Waals surface area contributed by atoms with Crippen molar-refractivity contribution in [1.29, 1.82) is 0 Å². The van der Waals surface area contributed by atoms with E-state index in [-0.39, 0.29) is 0 Å². The van der Waals surface area contributed by atoms with Crippen LogP contribution in [0.2, 0.25) is 0 Å². The van der Waals surface area contributed by atoms with Crippen molar-refractivity contribution in [1.82, 2.24) is 4.90 Å². The van der Waals surface area contributed by atoms with Crippen LogP contribution in [0.25, 0.3) is 0 Å². The lowest BCUT2D eigenvalue weighted by Gasteiger charge is -2.17. The Morgan fingerprint density at radius 2 is 1.60 bits per heavy atom. The van der Waals surface area contributed by atoms with Crippen LogP contribution in [0.15, 0.2) is 54.6 Å². The van der Waals surface area contributed by atoms with E-state index in [4.69, 9.17) is 10.5 Å². The van der Waals surface area contributed by atoms with Gasteiger partial charge in [0.05, 0.1) is 0 Å². The normalized spacial score (nSPS) is 10.8. The summed E-state index contributed by atoms with van der Waals surface area (Å²) >= 11 is 0. The molecule has 0 bridgehead atoms. The molecule has 2 aromatic rings. The van der Waals surface area contributed by atoms with Crippen LogP contribution in [0.5, 0.6) is 5.75 Å². The summed E-state index contributed by atoms with van der Waals surface area (Å²) in [5.74, 6) is 0.924. The van der Waals surface area contributed by atoms with Gasteiger partial charge in [-0.2, -0.15) is 0 Å². The average Bonchev–Trinajstić information content (AvgIpc) is 2.49. The highest BCUT2D eigenvalue weighted by Gasteiger charge is 2.01. The number of nitrogens with two attached hydrogens (primary N) is 1. The zero-order valence-electron chi connectivity index (χ0n) is 12.0. The molecule has 0 amide bonds. The minimum absolute atomic E-state index is 0.598. The number of likely N-dealkylation sites (N-methyl/N-ethyl adjacent to an activating group) is 1. The molecule has 0 fully saturated rings. The van der Waals surface area contributed by atoms with Gasteiger partial charge in [0.15, 0.2) is 0 Å². The Kier molecular flexibility index (Phi) is 5.59. The maximum Gasteiger partial charge on any atom is 0.119 e. The number of benzene rings is 2. The van der Waals surface area contributed by atoms with Crippen molar-refractivity contribution in [2.75, 3.05) is 20.2 Å². The molecule has 106 valence electrons. The van der Waals surface area contributed by atoms with Crippen LogP contribution in [0.4, 0.5) is 0 Å². The van der Waals surface area contributed by atoms with Crippen molar-refractivity contribution in [3.8, 4) is 5.75 Å². The van der Waals surface area contributed by atoms with Crippen molar-refractivity contribution < 1.29 is 4.74 Å². The first-order valence-corrected chi connectivity index (χ1v) is 6.92. The molecule has 0 atom stereocenters. The molecule has 0 aliphatic rings. The molecule has 0 aliphatic heterocycles. The first kappa shape index (κ1) is 14.6. The molecule has 2 rings (SSSR count). The predicted molar refractivity (Wildman–Crippen MR) is 82.6 cm³/mol. The van der Waals surface area contributed by atoms with Gasteiger partial charge in [0.1, 0.15) is 12.4 Å². The monoisotopic (exact) mass is 270 g/mol. The quantitative estimate of drug-likeness (QED) is 0.840. The highest BCUT2D eigenvalue weighted by Crippen LogP contribution is 2.09. The van der Waals surface area contributed by atoms with Crippen LogP contribution in [0.3, 0.4) is 0 Å². The van der Waals surface area contributed by atoms with Crippen LogP contribution >= 0.6 is 0 Å². The molecule has 2 N–H and O–H groups in total. The van der Waals surface area contributed by atoms with Gasteiger partial charge in [-0.25, -0.2) is 0 Å². The standard InChI is InChI=1S/C17H22N2O/c1-19(11-12-20-17-5-3-2-4-6-17)14-16-9-7-15(13-18)8-10-16/h2-10H,11-14,18H2,1H3. The van der Waals surface area contributed by atoms with Crippen molar-refractivity contribution in [2.24, 2.45) is 5.73 Å². The highest BCUT2D eigenvalue weighted by molar-refractivity contribution is 5.22. The highest BCUT2D eigenvalue weighted by atomic mass is 16.5. The first-order chi connectivity index (χ1) is 9.78. The molecule has 0 radical (unpaired) electrons. The number of hydrogen-bond acceptors (Lipinski definition) is 3. The van der Waals surface area contributed by atoms with E-state index in [1.807, 2.05) is 30.3 Å². The molecule has 0 saturated heterocycles. The Morgan fingerprint density at radius 1 is 0.950 bits per heavy atom. The molecular weight excluding hydrogens is 248 g/mol. The van der Waals surface area contributed by atoms with E-state index >= 15 is 0 Å². The van der Waals surface area contributed by atoms with Gasteiger partial charge < -0.3 is 10.5 Å². The van der Waals surface area contributed by atoms with Gasteiger partial charge in [0, 0.05) is 19.6 Å². The molecule has 20 heavy (non-hydrogen) atoms. The molecule has 3 nitrogen and oxygen atoms in total. The summed E-state index contributed by atoms with van der Waals surface area (Å²) in [6.45, 7) is 3.11.